The molecule has 3 aromatic rings. The molecule has 3 unspecified atom stereocenters. The first kappa shape index (κ1) is 35.5. The number of benzene rings is 1. The summed E-state index contributed by atoms with van der Waals surface area (Å²) in [4.78, 5) is 59.8. The minimum Gasteiger partial charge on any atom is -0.468 e. The van der Waals surface area contributed by atoms with Crippen molar-refractivity contribution in [2.75, 3.05) is 18.9 Å². The van der Waals surface area contributed by atoms with Crippen LogP contribution in [0.25, 0.3) is 11.2 Å². The molecule has 46 heavy (non-hydrogen) atoms. The quantitative estimate of drug-likeness (QED) is 0.0590. The highest BCUT2D eigenvalue weighted by Crippen LogP contribution is 2.66. The Morgan fingerprint density at radius 1 is 1.20 bits per heavy atom. The average Bonchev–Trinajstić information content (AvgIpc) is 3.51. The van der Waals surface area contributed by atoms with E-state index in [9.17, 15) is 38.7 Å². The van der Waals surface area contributed by atoms with Crippen LogP contribution in [0.2, 0.25) is 0 Å². The van der Waals surface area contributed by atoms with Gasteiger partial charge in [0.2, 0.25) is 11.8 Å². The molecule has 2 aromatic heterocycles. The van der Waals surface area contributed by atoms with Crippen molar-refractivity contribution in [3.8, 4) is 17.7 Å². The summed E-state index contributed by atoms with van der Waals surface area (Å²) in [5.74, 6) is 4.92. The zero-order valence-electron chi connectivity index (χ0n) is 23.3. The number of nitrogen functional groups attached to an aromatic ring is 1. The smallest absolute Gasteiger partial charge is 0.468 e. The lowest BCUT2D eigenvalue weighted by molar-refractivity contribution is -0.386. The van der Waals surface area contributed by atoms with Gasteiger partial charge in [0.15, 0.2) is 11.2 Å². The van der Waals surface area contributed by atoms with Crippen molar-refractivity contribution >= 4 is 46.3 Å². The standard InChI is InChI=1S/C21H26N7O15P3/c1-11(13-5-4-12(3-2-6-22)7-14(13)28(30)31)40-20-18-19(25-21(23)26-20)27(10-24-18)17-8-15(29)16(41-17)9-39-45(35,36)43-46(37,38)42-44(32,33)34/h4-5,7,10-11,15-17,29H,6,8-9,22H2,1H3,(H,35,36)(H,37,38)(H2,23,25,26)(H2,32,33,34)/t11-,15?,16-,17-/m1/s1. The summed E-state index contributed by atoms with van der Waals surface area (Å²) < 4.78 is 59.1. The summed E-state index contributed by atoms with van der Waals surface area (Å²) in [6, 6.07) is 4.31. The number of anilines is 1. The third kappa shape index (κ3) is 8.90. The maximum absolute atomic E-state index is 12.0. The van der Waals surface area contributed by atoms with Gasteiger partial charge in [0.05, 0.1) is 36.1 Å². The van der Waals surface area contributed by atoms with Crippen molar-refractivity contribution in [3.05, 3.63) is 45.8 Å². The van der Waals surface area contributed by atoms with Crippen molar-refractivity contribution in [2.24, 2.45) is 5.73 Å². The van der Waals surface area contributed by atoms with E-state index in [0.29, 0.717) is 5.56 Å². The normalized spacial score (nSPS) is 21.6. The van der Waals surface area contributed by atoms with E-state index in [1.54, 1.807) is 6.07 Å². The molecule has 1 aliphatic heterocycles. The van der Waals surface area contributed by atoms with E-state index in [2.05, 4.69) is 39.9 Å². The van der Waals surface area contributed by atoms with Crippen LogP contribution >= 0.6 is 23.5 Å². The molecule has 4 rings (SSSR count). The topological polar surface area (TPSA) is 337 Å². The van der Waals surface area contributed by atoms with E-state index < -0.39 is 59.5 Å². The van der Waals surface area contributed by atoms with Gasteiger partial charge in [0.1, 0.15) is 18.4 Å². The van der Waals surface area contributed by atoms with Gasteiger partial charge in [0, 0.05) is 18.1 Å². The number of aliphatic hydroxyl groups is 1. The van der Waals surface area contributed by atoms with Gasteiger partial charge in [-0.3, -0.25) is 19.2 Å². The fraction of sp³-hybridized carbons (Fsp3) is 0.381. The van der Waals surface area contributed by atoms with Crippen LogP contribution in [0.5, 0.6) is 5.88 Å². The minimum atomic E-state index is -5.74. The molecule has 0 aliphatic carbocycles. The van der Waals surface area contributed by atoms with Crippen LogP contribution in [0.15, 0.2) is 24.5 Å². The summed E-state index contributed by atoms with van der Waals surface area (Å²) in [5, 5.41) is 22.2. The molecule has 0 bridgehead atoms. The average molecular weight is 709 g/mol. The molecule has 1 aliphatic rings. The Morgan fingerprint density at radius 3 is 2.57 bits per heavy atom. The summed E-state index contributed by atoms with van der Waals surface area (Å²) in [5.41, 5.74) is 11.7. The van der Waals surface area contributed by atoms with Crippen LogP contribution in [-0.4, -0.2) is 74.5 Å². The Labute approximate surface area is 257 Å². The number of hydrogen-bond donors (Lipinski definition) is 7. The van der Waals surface area contributed by atoms with Crippen LogP contribution in [0.1, 0.15) is 36.8 Å². The summed E-state index contributed by atoms with van der Waals surface area (Å²) in [6.45, 7) is 0.708. The third-order valence-electron chi connectivity index (χ3n) is 6.03. The van der Waals surface area contributed by atoms with Gasteiger partial charge in [-0.25, -0.2) is 18.7 Å². The van der Waals surface area contributed by atoms with Crippen molar-refractivity contribution in [2.45, 2.75) is 37.9 Å². The second-order valence-corrected chi connectivity index (χ2v) is 13.7. The number of aliphatic hydroxyl groups excluding tert-OH is 1. The number of nitrogens with two attached hydrogens (primary N) is 2. The number of nitro groups is 1. The molecule has 6 atom stereocenters. The van der Waals surface area contributed by atoms with Crippen molar-refractivity contribution in [1.29, 1.82) is 0 Å². The van der Waals surface area contributed by atoms with Crippen LogP contribution in [0.3, 0.4) is 0 Å². The number of ether oxygens (including phenoxy) is 2. The maximum atomic E-state index is 12.0. The van der Waals surface area contributed by atoms with Crippen LogP contribution in [0, 0.1) is 22.0 Å². The summed E-state index contributed by atoms with van der Waals surface area (Å²) in [6.07, 6.45) is -3.56. The number of phosphoric acid groups is 3. The van der Waals surface area contributed by atoms with E-state index in [-0.39, 0.29) is 47.2 Å². The van der Waals surface area contributed by atoms with E-state index in [0.717, 1.165) is 0 Å². The Hall–Kier alpha value is -3.38. The Kier molecular flexibility index (Phi) is 10.6. The van der Waals surface area contributed by atoms with Gasteiger partial charge in [-0.15, -0.1) is 0 Å². The maximum Gasteiger partial charge on any atom is 0.490 e. The number of nitro benzene ring substituents is 1. The van der Waals surface area contributed by atoms with Gasteiger partial charge < -0.3 is 45.6 Å². The first-order chi connectivity index (χ1) is 21.4. The Morgan fingerprint density at radius 2 is 1.91 bits per heavy atom. The van der Waals surface area contributed by atoms with E-state index in [1.807, 2.05) is 0 Å². The molecule has 0 amide bonds. The number of fused-ring (bicyclic) bond motifs is 1. The molecule has 1 saturated heterocycles. The first-order valence-corrected chi connectivity index (χ1v) is 17.2. The minimum absolute atomic E-state index is 0.0577. The molecule has 0 saturated carbocycles. The molecule has 0 spiro atoms. The highest BCUT2D eigenvalue weighted by atomic mass is 31.3. The van der Waals surface area contributed by atoms with Gasteiger partial charge in [-0.05, 0) is 19.1 Å². The highest BCUT2D eigenvalue weighted by Gasteiger charge is 2.43. The largest absolute Gasteiger partial charge is 0.490 e. The van der Waals surface area contributed by atoms with Crippen LogP contribution < -0.4 is 16.2 Å². The predicted octanol–water partition coefficient (Wildman–Crippen LogP) is 0.759. The van der Waals surface area contributed by atoms with E-state index in [1.165, 1.54) is 30.0 Å². The highest BCUT2D eigenvalue weighted by molar-refractivity contribution is 7.66. The monoisotopic (exact) mass is 709 g/mol. The number of nitrogens with zero attached hydrogens (tertiary/aromatic N) is 5. The van der Waals surface area contributed by atoms with Gasteiger partial charge >= 0.3 is 23.5 Å². The molecular formula is C21H26N7O15P3. The summed E-state index contributed by atoms with van der Waals surface area (Å²) >= 11 is 0. The lowest BCUT2D eigenvalue weighted by Gasteiger charge is -2.19. The SMILES string of the molecule is C[C@@H](Oc1nc(N)nc2c1ncn2[C@H]1CC(O)[C@@H](COP(=O)(O)OP(=O)(O)OP(=O)(O)O)O1)c1ccc(C#CCN)cc1[N+](=O)[O-]. The molecule has 9 N–H and O–H groups in total. The number of phosphoric ester groups is 1. The fourth-order valence-corrected chi connectivity index (χ4v) is 7.24. The molecule has 250 valence electrons. The predicted molar refractivity (Wildman–Crippen MR) is 152 cm³/mol. The van der Waals surface area contributed by atoms with Crippen LogP contribution in [-0.2, 0) is 31.6 Å². The molecule has 1 aromatic carbocycles. The third-order valence-corrected chi connectivity index (χ3v) is 9.83. The Balaban J connectivity index is 1.51. The molecule has 22 nitrogen and oxygen atoms in total. The first-order valence-electron chi connectivity index (χ1n) is 12.6. The summed E-state index contributed by atoms with van der Waals surface area (Å²) in [7, 11) is -16.8. The van der Waals surface area contributed by atoms with E-state index >= 15 is 0 Å². The van der Waals surface area contributed by atoms with Gasteiger partial charge in [-0.2, -0.15) is 18.6 Å². The zero-order chi connectivity index (χ0) is 34.0. The lowest BCUT2D eigenvalue weighted by Crippen LogP contribution is -2.26. The Bertz CT molecular complexity index is 1840. The number of aromatic nitrogens is 4. The molecule has 3 heterocycles. The zero-order valence-corrected chi connectivity index (χ0v) is 26.0. The second-order valence-electron chi connectivity index (χ2n) is 9.33. The molecule has 25 heteroatoms. The molecular weight excluding hydrogens is 683 g/mol. The van der Waals surface area contributed by atoms with Crippen LogP contribution in [0.4, 0.5) is 11.6 Å². The van der Waals surface area contributed by atoms with Gasteiger partial charge in [0.25, 0.3) is 5.69 Å². The fourth-order valence-electron chi connectivity index (χ4n) is 4.21. The second kappa shape index (κ2) is 13.8. The molecule has 0 radical (unpaired) electrons. The van der Waals surface area contributed by atoms with Crippen molar-refractivity contribution < 1.29 is 65.9 Å². The van der Waals surface area contributed by atoms with E-state index in [4.69, 9.17) is 30.7 Å². The van der Waals surface area contributed by atoms with Crippen molar-refractivity contribution in [3.63, 3.8) is 0 Å². The number of rotatable bonds is 12. The molecule has 1 fully saturated rings. The van der Waals surface area contributed by atoms with Crippen molar-refractivity contribution in [1.82, 2.24) is 19.5 Å². The lowest BCUT2D eigenvalue weighted by atomic mass is 10.1. The van der Waals surface area contributed by atoms with Gasteiger partial charge in [-0.1, -0.05) is 11.8 Å². The number of hydrogen-bond acceptors (Lipinski definition) is 16. The number of imidazole rings is 1.